The van der Waals surface area contributed by atoms with Gasteiger partial charge in [0.25, 0.3) is 0 Å². The van der Waals surface area contributed by atoms with E-state index in [1.54, 1.807) is 13.8 Å². The zero-order valence-corrected chi connectivity index (χ0v) is 10.8. The smallest absolute Gasteiger partial charge is 0.321 e. The predicted molar refractivity (Wildman–Crippen MR) is 62.8 cm³/mol. The third kappa shape index (κ3) is 4.42. The maximum Gasteiger partial charge on any atom is 0.321 e. The maximum atomic E-state index is 12.9. The van der Waals surface area contributed by atoms with Crippen LogP contribution < -0.4 is 4.72 Å². The SMILES string of the molecule is CC(C)OC(=O)CNS(=O)(=O)c1cccc(F)c1. The number of carbonyl (C=O) groups excluding carboxylic acids is 1. The van der Waals surface area contributed by atoms with E-state index in [2.05, 4.69) is 0 Å². The number of hydrogen-bond acceptors (Lipinski definition) is 4. The Labute approximate surface area is 105 Å². The van der Waals surface area contributed by atoms with Gasteiger partial charge in [0.1, 0.15) is 12.4 Å². The van der Waals surface area contributed by atoms with Gasteiger partial charge in [-0.2, -0.15) is 4.72 Å². The van der Waals surface area contributed by atoms with Gasteiger partial charge in [-0.15, -0.1) is 0 Å². The van der Waals surface area contributed by atoms with Gasteiger partial charge in [0.05, 0.1) is 11.0 Å². The molecule has 7 heteroatoms. The standard InChI is InChI=1S/C11H14FNO4S/c1-8(2)17-11(14)7-13-18(15,16)10-5-3-4-9(12)6-10/h3-6,8,13H,7H2,1-2H3. The van der Waals surface area contributed by atoms with Crippen LogP contribution in [0.2, 0.25) is 0 Å². The lowest BCUT2D eigenvalue weighted by Gasteiger charge is -2.09. The van der Waals surface area contributed by atoms with Crippen molar-refractivity contribution in [2.45, 2.75) is 24.8 Å². The van der Waals surface area contributed by atoms with Crippen molar-refractivity contribution >= 4 is 16.0 Å². The van der Waals surface area contributed by atoms with Crippen molar-refractivity contribution in [3.63, 3.8) is 0 Å². The fourth-order valence-corrected chi connectivity index (χ4v) is 2.18. The molecule has 0 atom stereocenters. The first-order chi connectivity index (χ1) is 8.31. The molecule has 0 saturated heterocycles. The molecule has 0 radical (unpaired) electrons. The molecule has 0 unspecified atom stereocenters. The summed E-state index contributed by atoms with van der Waals surface area (Å²) in [6.45, 7) is 2.81. The highest BCUT2D eigenvalue weighted by Crippen LogP contribution is 2.09. The molecule has 0 aliphatic heterocycles. The lowest BCUT2D eigenvalue weighted by Crippen LogP contribution is -2.31. The van der Waals surface area contributed by atoms with Crippen LogP contribution in [0.15, 0.2) is 29.2 Å². The summed E-state index contributed by atoms with van der Waals surface area (Å²) in [5, 5.41) is 0. The van der Waals surface area contributed by atoms with E-state index in [-0.39, 0.29) is 11.0 Å². The van der Waals surface area contributed by atoms with Crippen LogP contribution >= 0.6 is 0 Å². The molecule has 100 valence electrons. The number of hydrogen-bond donors (Lipinski definition) is 1. The molecule has 0 fully saturated rings. The highest BCUT2D eigenvalue weighted by molar-refractivity contribution is 7.89. The molecule has 0 spiro atoms. The van der Waals surface area contributed by atoms with Gasteiger partial charge in [-0.3, -0.25) is 4.79 Å². The Hall–Kier alpha value is -1.47. The summed E-state index contributed by atoms with van der Waals surface area (Å²) in [4.78, 5) is 10.9. The van der Waals surface area contributed by atoms with Gasteiger partial charge in [0.15, 0.2) is 0 Å². The minimum Gasteiger partial charge on any atom is -0.462 e. The van der Waals surface area contributed by atoms with E-state index >= 15 is 0 Å². The fourth-order valence-electron chi connectivity index (χ4n) is 1.18. The van der Waals surface area contributed by atoms with E-state index in [1.807, 2.05) is 4.72 Å². The summed E-state index contributed by atoms with van der Waals surface area (Å²) in [6, 6.07) is 4.51. The lowest BCUT2D eigenvalue weighted by atomic mass is 10.4. The Balaban J connectivity index is 2.69. The number of carbonyl (C=O) groups is 1. The van der Waals surface area contributed by atoms with Crippen LogP contribution in [0.25, 0.3) is 0 Å². The van der Waals surface area contributed by atoms with Gasteiger partial charge in [-0.25, -0.2) is 12.8 Å². The number of benzene rings is 1. The summed E-state index contributed by atoms with van der Waals surface area (Å²) >= 11 is 0. The minimum absolute atomic E-state index is 0.236. The van der Waals surface area contributed by atoms with Crippen molar-refractivity contribution < 1.29 is 22.3 Å². The third-order valence-electron chi connectivity index (χ3n) is 1.88. The van der Waals surface area contributed by atoms with Crippen LogP contribution in [0, 0.1) is 5.82 Å². The molecule has 0 bridgehead atoms. The third-order valence-corrected chi connectivity index (χ3v) is 3.28. The average Bonchev–Trinajstić information content (AvgIpc) is 2.26. The van der Waals surface area contributed by atoms with Crippen LogP contribution in [0.5, 0.6) is 0 Å². The van der Waals surface area contributed by atoms with Gasteiger partial charge >= 0.3 is 5.97 Å². The molecule has 0 heterocycles. The molecule has 0 aliphatic rings. The maximum absolute atomic E-state index is 12.9. The lowest BCUT2D eigenvalue weighted by molar-refractivity contribution is -0.145. The first-order valence-corrected chi connectivity index (χ1v) is 6.74. The van der Waals surface area contributed by atoms with E-state index in [1.165, 1.54) is 12.1 Å². The van der Waals surface area contributed by atoms with Crippen LogP contribution in [0.1, 0.15) is 13.8 Å². The number of nitrogens with one attached hydrogen (secondary N) is 1. The summed E-state index contributed by atoms with van der Waals surface area (Å²) in [7, 11) is -3.90. The fraction of sp³-hybridized carbons (Fsp3) is 0.364. The second-order valence-corrected chi connectivity index (χ2v) is 5.59. The van der Waals surface area contributed by atoms with Crippen molar-refractivity contribution in [3.05, 3.63) is 30.1 Å². The molecular formula is C11H14FNO4S. The molecule has 0 amide bonds. The molecule has 1 aromatic carbocycles. The Bertz CT molecular complexity index is 528. The number of halogens is 1. The van der Waals surface area contributed by atoms with E-state index < -0.39 is 28.4 Å². The topological polar surface area (TPSA) is 72.5 Å². The van der Waals surface area contributed by atoms with Gasteiger partial charge in [-0.05, 0) is 32.0 Å². The van der Waals surface area contributed by atoms with Crippen LogP contribution in [0.3, 0.4) is 0 Å². The van der Waals surface area contributed by atoms with Crippen molar-refractivity contribution in [1.82, 2.24) is 4.72 Å². The van der Waals surface area contributed by atoms with E-state index in [9.17, 15) is 17.6 Å². The van der Waals surface area contributed by atoms with Crippen LogP contribution in [0.4, 0.5) is 4.39 Å². The molecule has 1 aromatic rings. The average molecular weight is 275 g/mol. The van der Waals surface area contributed by atoms with Gasteiger partial charge in [0, 0.05) is 0 Å². The molecular weight excluding hydrogens is 261 g/mol. The van der Waals surface area contributed by atoms with Crippen LogP contribution in [-0.4, -0.2) is 27.0 Å². The number of rotatable bonds is 5. The normalized spacial score (nSPS) is 11.6. The Morgan fingerprint density at radius 2 is 2.11 bits per heavy atom. The van der Waals surface area contributed by atoms with Crippen LogP contribution in [-0.2, 0) is 19.6 Å². The van der Waals surface area contributed by atoms with Crippen molar-refractivity contribution in [2.75, 3.05) is 6.54 Å². The first-order valence-electron chi connectivity index (χ1n) is 5.26. The summed E-state index contributed by atoms with van der Waals surface area (Å²) in [6.07, 6.45) is -0.323. The Kier molecular flexibility index (Phi) is 4.80. The van der Waals surface area contributed by atoms with Gasteiger partial charge < -0.3 is 4.74 Å². The minimum atomic E-state index is -3.90. The zero-order chi connectivity index (χ0) is 13.8. The molecule has 0 saturated carbocycles. The summed E-state index contributed by atoms with van der Waals surface area (Å²) in [5.74, 6) is -1.35. The molecule has 1 N–H and O–H groups in total. The highest BCUT2D eigenvalue weighted by atomic mass is 32.2. The number of esters is 1. The molecule has 0 aromatic heterocycles. The number of ether oxygens (including phenoxy) is 1. The Morgan fingerprint density at radius 1 is 1.44 bits per heavy atom. The van der Waals surface area contributed by atoms with Gasteiger partial charge in [-0.1, -0.05) is 6.07 Å². The second kappa shape index (κ2) is 5.92. The molecule has 1 rings (SSSR count). The number of sulfonamides is 1. The summed E-state index contributed by atoms with van der Waals surface area (Å²) < 4.78 is 43.1. The Morgan fingerprint density at radius 3 is 2.67 bits per heavy atom. The monoisotopic (exact) mass is 275 g/mol. The molecule has 5 nitrogen and oxygen atoms in total. The second-order valence-electron chi connectivity index (χ2n) is 3.82. The van der Waals surface area contributed by atoms with Gasteiger partial charge in [0.2, 0.25) is 10.0 Å². The van der Waals surface area contributed by atoms with E-state index in [0.717, 1.165) is 12.1 Å². The summed E-state index contributed by atoms with van der Waals surface area (Å²) in [5.41, 5.74) is 0. The van der Waals surface area contributed by atoms with E-state index in [0.29, 0.717) is 0 Å². The van der Waals surface area contributed by atoms with E-state index in [4.69, 9.17) is 4.74 Å². The first kappa shape index (κ1) is 14.6. The highest BCUT2D eigenvalue weighted by Gasteiger charge is 2.16. The van der Waals surface area contributed by atoms with Crippen molar-refractivity contribution in [2.24, 2.45) is 0 Å². The van der Waals surface area contributed by atoms with Crippen molar-refractivity contribution in [3.8, 4) is 0 Å². The quantitative estimate of drug-likeness (QED) is 0.815. The predicted octanol–water partition coefficient (Wildman–Crippen LogP) is 1.06. The molecule has 0 aliphatic carbocycles. The van der Waals surface area contributed by atoms with Crippen molar-refractivity contribution in [1.29, 1.82) is 0 Å². The molecule has 18 heavy (non-hydrogen) atoms. The zero-order valence-electron chi connectivity index (χ0n) is 10.0. The largest absolute Gasteiger partial charge is 0.462 e.